The second-order valence-corrected chi connectivity index (χ2v) is 6.75. The van der Waals surface area contributed by atoms with Gasteiger partial charge < -0.3 is 10.2 Å². The average Bonchev–Trinajstić information content (AvgIpc) is 3.16. The van der Waals surface area contributed by atoms with E-state index in [1.165, 1.54) is 12.8 Å². The molecule has 2 fully saturated rings. The van der Waals surface area contributed by atoms with Crippen LogP contribution in [0.15, 0.2) is 24.3 Å². The normalized spacial score (nSPS) is 19.0. The van der Waals surface area contributed by atoms with Crippen LogP contribution in [0.5, 0.6) is 0 Å². The predicted octanol–water partition coefficient (Wildman–Crippen LogP) is 2.47. The molecule has 0 bridgehead atoms. The van der Waals surface area contributed by atoms with Gasteiger partial charge in [0.15, 0.2) is 0 Å². The molecule has 5 nitrogen and oxygen atoms in total. The van der Waals surface area contributed by atoms with Crippen molar-refractivity contribution in [2.24, 2.45) is 5.92 Å². The van der Waals surface area contributed by atoms with E-state index in [2.05, 4.69) is 5.32 Å². The molecule has 5 heteroatoms. The average molecular weight is 325 g/mol. The van der Waals surface area contributed by atoms with Crippen LogP contribution in [-0.2, 0) is 4.79 Å². The molecule has 1 saturated heterocycles. The molecule has 2 amide bonds. The number of nitrogens with one attached hydrogen (secondary N) is 1. The van der Waals surface area contributed by atoms with Gasteiger partial charge >= 0.3 is 0 Å². The largest absolute Gasteiger partial charge is 0.349 e. The van der Waals surface area contributed by atoms with Crippen molar-refractivity contribution in [3.8, 4) is 6.07 Å². The van der Waals surface area contributed by atoms with E-state index >= 15 is 0 Å². The number of rotatable bonds is 3. The summed E-state index contributed by atoms with van der Waals surface area (Å²) in [4.78, 5) is 26.7. The molecule has 0 radical (unpaired) electrons. The number of nitriles is 1. The maximum absolute atomic E-state index is 12.4. The summed E-state index contributed by atoms with van der Waals surface area (Å²) < 4.78 is 0. The number of amides is 2. The highest BCUT2D eigenvalue weighted by Crippen LogP contribution is 2.27. The maximum Gasteiger partial charge on any atom is 0.251 e. The molecule has 1 aliphatic heterocycles. The van der Waals surface area contributed by atoms with Crippen LogP contribution in [0.4, 0.5) is 0 Å². The Balaban J connectivity index is 1.50. The molecule has 0 aromatic heterocycles. The molecule has 1 N–H and O–H groups in total. The lowest BCUT2D eigenvalue weighted by Gasteiger charge is -2.34. The number of nitrogens with zero attached hydrogens (tertiary/aromatic N) is 2. The summed E-state index contributed by atoms with van der Waals surface area (Å²) >= 11 is 0. The summed E-state index contributed by atoms with van der Waals surface area (Å²) in [5.74, 6) is 0.386. The van der Waals surface area contributed by atoms with E-state index in [4.69, 9.17) is 5.26 Å². The molecular formula is C19H23N3O2. The van der Waals surface area contributed by atoms with E-state index in [-0.39, 0.29) is 17.9 Å². The zero-order valence-corrected chi connectivity index (χ0v) is 13.8. The fourth-order valence-electron chi connectivity index (χ4n) is 3.67. The van der Waals surface area contributed by atoms with Crippen molar-refractivity contribution in [2.45, 2.75) is 44.6 Å². The fourth-order valence-corrected chi connectivity index (χ4v) is 3.67. The minimum atomic E-state index is -0.146. The molecule has 0 atom stereocenters. The third kappa shape index (κ3) is 3.76. The van der Waals surface area contributed by atoms with Gasteiger partial charge in [-0.2, -0.15) is 5.26 Å². The number of hydrogen-bond donors (Lipinski definition) is 1. The van der Waals surface area contributed by atoms with Crippen molar-refractivity contribution in [1.29, 1.82) is 5.26 Å². The number of benzene rings is 1. The van der Waals surface area contributed by atoms with Crippen molar-refractivity contribution in [3.05, 3.63) is 35.4 Å². The van der Waals surface area contributed by atoms with Gasteiger partial charge in [-0.25, -0.2) is 0 Å². The van der Waals surface area contributed by atoms with Gasteiger partial charge in [-0.05, 0) is 43.9 Å². The number of hydrogen-bond acceptors (Lipinski definition) is 3. The van der Waals surface area contributed by atoms with E-state index in [0.717, 1.165) is 38.8 Å². The lowest BCUT2D eigenvalue weighted by molar-refractivity contribution is -0.136. The van der Waals surface area contributed by atoms with Crippen molar-refractivity contribution in [3.63, 3.8) is 0 Å². The first-order chi connectivity index (χ1) is 11.7. The van der Waals surface area contributed by atoms with Crippen molar-refractivity contribution in [2.75, 3.05) is 13.1 Å². The van der Waals surface area contributed by atoms with E-state index in [0.29, 0.717) is 17.0 Å². The Bertz CT molecular complexity index is 651. The first kappa shape index (κ1) is 16.5. The molecular weight excluding hydrogens is 302 g/mol. The molecule has 126 valence electrons. The van der Waals surface area contributed by atoms with Crippen molar-refractivity contribution in [1.82, 2.24) is 10.2 Å². The highest BCUT2D eigenvalue weighted by molar-refractivity contribution is 5.94. The van der Waals surface area contributed by atoms with Crippen molar-refractivity contribution < 1.29 is 9.59 Å². The van der Waals surface area contributed by atoms with Gasteiger partial charge in [0.05, 0.1) is 11.6 Å². The van der Waals surface area contributed by atoms with Crippen LogP contribution in [0.2, 0.25) is 0 Å². The van der Waals surface area contributed by atoms with Gasteiger partial charge in [-0.1, -0.05) is 18.9 Å². The molecule has 1 aromatic rings. The van der Waals surface area contributed by atoms with Crippen LogP contribution < -0.4 is 5.32 Å². The maximum atomic E-state index is 12.4. The van der Waals surface area contributed by atoms with Crippen LogP contribution in [0.3, 0.4) is 0 Å². The fraction of sp³-hybridized carbons (Fsp3) is 0.526. The summed E-state index contributed by atoms with van der Waals surface area (Å²) in [7, 11) is 0. The SMILES string of the molecule is N#Cc1cccc(C(=O)NC2CCN(C(=O)C3CCCC3)CC2)c1. The number of carbonyl (C=O) groups excluding carboxylic acids is 2. The topological polar surface area (TPSA) is 73.2 Å². The lowest BCUT2D eigenvalue weighted by Crippen LogP contribution is -2.47. The van der Waals surface area contributed by atoms with E-state index in [9.17, 15) is 9.59 Å². The Morgan fingerprint density at radius 2 is 1.83 bits per heavy atom. The second kappa shape index (κ2) is 7.48. The van der Waals surface area contributed by atoms with E-state index in [1.54, 1.807) is 24.3 Å². The standard InChI is InChI=1S/C19H23N3O2/c20-13-14-4-3-7-16(12-14)18(23)21-17-8-10-22(11-9-17)19(24)15-5-1-2-6-15/h3-4,7,12,15,17H,1-2,5-6,8-11H2,(H,21,23). The number of carbonyl (C=O) groups is 2. The molecule has 1 heterocycles. The molecule has 24 heavy (non-hydrogen) atoms. The lowest BCUT2D eigenvalue weighted by atomic mass is 10.0. The van der Waals surface area contributed by atoms with Crippen LogP contribution in [0, 0.1) is 17.2 Å². The van der Waals surface area contributed by atoms with Crippen molar-refractivity contribution >= 4 is 11.8 Å². The van der Waals surface area contributed by atoms with Gasteiger partial charge in [-0.3, -0.25) is 9.59 Å². The predicted molar refractivity (Wildman–Crippen MR) is 90.2 cm³/mol. The first-order valence-corrected chi connectivity index (χ1v) is 8.77. The van der Waals surface area contributed by atoms with Crippen LogP contribution in [0.1, 0.15) is 54.4 Å². The number of likely N-dealkylation sites (tertiary alicyclic amines) is 1. The van der Waals surface area contributed by atoms with Gasteiger partial charge in [-0.15, -0.1) is 0 Å². The summed E-state index contributed by atoms with van der Waals surface area (Å²) in [5.41, 5.74) is 0.998. The van der Waals surface area contributed by atoms with Gasteiger partial charge in [0, 0.05) is 30.6 Å². The molecule has 1 saturated carbocycles. The third-order valence-corrected chi connectivity index (χ3v) is 5.10. The summed E-state index contributed by atoms with van der Waals surface area (Å²) in [5, 5.41) is 11.9. The molecule has 0 spiro atoms. The zero-order chi connectivity index (χ0) is 16.9. The molecule has 1 aliphatic carbocycles. The van der Waals surface area contributed by atoms with Gasteiger partial charge in [0.1, 0.15) is 0 Å². The van der Waals surface area contributed by atoms with E-state index in [1.807, 2.05) is 11.0 Å². The Hall–Kier alpha value is -2.35. The quantitative estimate of drug-likeness (QED) is 0.928. The van der Waals surface area contributed by atoms with Crippen LogP contribution >= 0.6 is 0 Å². The zero-order valence-electron chi connectivity index (χ0n) is 13.8. The minimum absolute atomic E-state index is 0.0934. The highest BCUT2D eigenvalue weighted by atomic mass is 16.2. The first-order valence-electron chi connectivity index (χ1n) is 8.77. The van der Waals surface area contributed by atoms with Crippen LogP contribution in [-0.4, -0.2) is 35.8 Å². The molecule has 3 rings (SSSR count). The summed E-state index contributed by atoms with van der Waals surface area (Å²) in [6, 6.07) is 8.87. The Morgan fingerprint density at radius 1 is 1.12 bits per heavy atom. The highest BCUT2D eigenvalue weighted by Gasteiger charge is 2.30. The second-order valence-electron chi connectivity index (χ2n) is 6.75. The van der Waals surface area contributed by atoms with Gasteiger partial charge in [0.25, 0.3) is 5.91 Å². The Kier molecular flexibility index (Phi) is 5.14. The minimum Gasteiger partial charge on any atom is -0.349 e. The van der Waals surface area contributed by atoms with Gasteiger partial charge in [0.2, 0.25) is 5.91 Å². The van der Waals surface area contributed by atoms with E-state index < -0.39 is 0 Å². The Morgan fingerprint density at radius 3 is 2.50 bits per heavy atom. The number of piperidine rings is 1. The third-order valence-electron chi connectivity index (χ3n) is 5.10. The Labute approximate surface area is 142 Å². The molecule has 1 aromatic carbocycles. The molecule has 2 aliphatic rings. The summed E-state index contributed by atoms with van der Waals surface area (Å²) in [6.07, 6.45) is 6.00. The molecule has 0 unspecified atom stereocenters. The van der Waals surface area contributed by atoms with Crippen LogP contribution in [0.25, 0.3) is 0 Å². The smallest absolute Gasteiger partial charge is 0.251 e. The monoisotopic (exact) mass is 325 g/mol. The summed E-state index contributed by atoms with van der Waals surface area (Å²) in [6.45, 7) is 1.44.